The van der Waals surface area contributed by atoms with Crippen LogP contribution in [0, 0.1) is 5.92 Å². The second kappa shape index (κ2) is 5.87. The van der Waals surface area contributed by atoms with Crippen molar-refractivity contribution in [3.8, 4) is 0 Å². The monoisotopic (exact) mass is 235 g/mol. The molecule has 0 amide bonds. The molecule has 2 atom stereocenters. The van der Waals surface area contributed by atoms with Gasteiger partial charge in [0.2, 0.25) is 0 Å². The molecule has 1 aliphatic carbocycles. The van der Waals surface area contributed by atoms with Crippen LogP contribution in [0.15, 0.2) is 18.2 Å². The fourth-order valence-corrected chi connectivity index (χ4v) is 2.30. The Kier molecular flexibility index (Phi) is 4.20. The Morgan fingerprint density at radius 2 is 2.06 bits per heavy atom. The van der Waals surface area contributed by atoms with Gasteiger partial charge in [-0.05, 0) is 44.2 Å². The van der Waals surface area contributed by atoms with E-state index < -0.39 is 0 Å². The number of aromatic nitrogens is 1. The zero-order chi connectivity index (χ0) is 12.1. The number of hydrogen-bond donors (Lipinski definition) is 3. The van der Waals surface area contributed by atoms with Gasteiger partial charge in [-0.1, -0.05) is 6.07 Å². The maximum absolute atomic E-state index is 9.46. The summed E-state index contributed by atoms with van der Waals surface area (Å²) in [6.45, 7) is 3.84. The van der Waals surface area contributed by atoms with E-state index in [9.17, 15) is 5.11 Å². The predicted molar refractivity (Wildman–Crippen MR) is 70.2 cm³/mol. The Balaban J connectivity index is 1.83. The molecule has 94 valence electrons. The molecule has 1 saturated carbocycles. The molecular formula is C13H21N3O. The molecule has 0 spiro atoms. The highest BCUT2D eigenvalue weighted by molar-refractivity contribution is 5.44. The van der Waals surface area contributed by atoms with Crippen LogP contribution in [0.1, 0.15) is 26.2 Å². The summed E-state index contributed by atoms with van der Waals surface area (Å²) in [6.07, 6.45) is 2.88. The van der Waals surface area contributed by atoms with E-state index in [2.05, 4.69) is 22.5 Å². The van der Waals surface area contributed by atoms with Gasteiger partial charge in [0.25, 0.3) is 0 Å². The van der Waals surface area contributed by atoms with Crippen molar-refractivity contribution < 1.29 is 5.11 Å². The average molecular weight is 235 g/mol. The molecule has 4 nitrogen and oxygen atoms in total. The molecule has 1 heterocycles. The predicted octanol–water partition coefficient (Wildman–Crippen LogP) is 2.09. The number of anilines is 2. The third-order valence-electron chi connectivity index (χ3n) is 3.19. The maximum atomic E-state index is 9.46. The summed E-state index contributed by atoms with van der Waals surface area (Å²) >= 11 is 0. The minimum atomic E-state index is -0.0946. The van der Waals surface area contributed by atoms with Crippen molar-refractivity contribution in [1.29, 1.82) is 0 Å². The topological polar surface area (TPSA) is 57.2 Å². The van der Waals surface area contributed by atoms with E-state index in [0.717, 1.165) is 44.0 Å². The third kappa shape index (κ3) is 3.60. The molecule has 0 saturated heterocycles. The lowest BCUT2D eigenvalue weighted by Gasteiger charge is -2.12. The second-order valence-corrected chi connectivity index (χ2v) is 4.65. The lowest BCUT2D eigenvalue weighted by atomic mass is 10.1. The van der Waals surface area contributed by atoms with Gasteiger partial charge < -0.3 is 15.7 Å². The number of nitrogens with one attached hydrogen (secondary N) is 2. The molecular weight excluding hydrogens is 214 g/mol. The minimum absolute atomic E-state index is 0.0946. The number of rotatable bonds is 5. The molecule has 0 bridgehead atoms. The second-order valence-electron chi connectivity index (χ2n) is 4.65. The number of nitrogens with zero attached hydrogens (tertiary/aromatic N) is 1. The van der Waals surface area contributed by atoms with Gasteiger partial charge in [0, 0.05) is 13.1 Å². The first-order chi connectivity index (χ1) is 8.28. The van der Waals surface area contributed by atoms with Gasteiger partial charge in [-0.15, -0.1) is 0 Å². The summed E-state index contributed by atoms with van der Waals surface area (Å²) in [4.78, 5) is 4.46. The molecule has 2 rings (SSSR count). The molecule has 1 aromatic heterocycles. The lowest BCUT2D eigenvalue weighted by Crippen LogP contribution is -2.13. The quantitative estimate of drug-likeness (QED) is 0.731. The fourth-order valence-electron chi connectivity index (χ4n) is 2.30. The van der Waals surface area contributed by atoms with Gasteiger partial charge in [0.15, 0.2) is 0 Å². The first-order valence-corrected chi connectivity index (χ1v) is 6.40. The smallest absolute Gasteiger partial charge is 0.128 e. The van der Waals surface area contributed by atoms with Crippen LogP contribution in [-0.4, -0.2) is 29.3 Å². The van der Waals surface area contributed by atoms with Crippen LogP contribution in [0.3, 0.4) is 0 Å². The van der Waals surface area contributed by atoms with Gasteiger partial charge >= 0.3 is 0 Å². The van der Waals surface area contributed by atoms with E-state index in [0.29, 0.717) is 5.92 Å². The summed E-state index contributed by atoms with van der Waals surface area (Å²) in [5, 5.41) is 16.0. The van der Waals surface area contributed by atoms with Gasteiger partial charge in [-0.2, -0.15) is 0 Å². The summed E-state index contributed by atoms with van der Waals surface area (Å²) in [6, 6.07) is 5.94. The van der Waals surface area contributed by atoms with E-state index in [-0.39, 0.29) is 6.10 Å². The van der Waals surface area contributed by atoms with Gasteiger partial charge in [0.1, 0.15) is 11.6 Å². The van der Waals surface area contributed by atoms with Crippen LogP contribution < -0.4 is 10.6 Å². The van der Waals surface area contributed by atoms with E-state index in [1.54, 1.807) is 0 Å². The fraction of sp³-hybridized carbons (Fsp3) is 0.615. The molecule has 1 aliphatic rings. The van der Waals surface area contributed by atoms with Gasteiger partial charge in [0.05, 0.1) is 6.10 Å². The van der Waals surface area contributed by atoms with Crippen LogP contribution in [0.25, 0.3) is 0 Å². The van der Waals surface area contributed by atoms with Crippen LogP contribution in [-0.2, 0) is 0 Å². The van der Waals surface area contributed by atoms with Crippen LogP contribution in [0.2, 0.25) is 0 Å². The molecule has 1 fully saturated rings. The first-order valence-electron chi connectivity index (χ1n) is 6.40. The zero-order valence-electron chi connectivity index (χ0n) is 10.3. The Morgan fingerprint density at radius 1 is 1.29 bits per heavy atom. The molecule has 1 aromatic rings. The van der Waals surface area contributed by atoms with Crippen molar-refractivity contribution in [1.82, 2.24) is 4.98 Å². The first kappa shape index (κ1) is 12.2. The van der Waals surface area contributed by atoms with Crippen LogP contribution in [0.5, 0.6) is 0 Å². The Labute approximate surface area is 102 Å². The van der Waals surface area contributed by atoms with E-state index in [1.165, 1.54) is 0 Å². The van der Waals surface area contributed by atoms with Crippen molar-refractivity contribution in [2.45, 2.75) is 32.3 Å². The molecule has 0 aromatic carbocycles. The third-order valence-corrected chi connectivity index (χ3v) is 3.19. The van der Waals surface area contributed by atoms with Gasteiger partial charge in [-0.3, -0.25) is 0 Å². The standard InChI is InChI=1S/C13H21N3O/c1-2-14-12-4-3-5-13(16-12)15-9-10-6-7-11(17)8-10/h3-5,10-11,17H,2,6-9H2,1H3,(H2,14,15,16). The maximum Gasteiger partial charge on any atom is 0.128 e. The SMILES string of the molecule is CCNc1cccc(NCC2CCC(O)C2)n1. The summed E-state index contributed by atoms with van der Waals surface area (Å²) in [5.41, 5.74) is 0. The Hall–Kier alpha value is -1.29. The highest BCUT2D eigenvalue weighted by atomic mass is 16.3. The van der Waals surface area contributed by atoms with Gasteiger partial charge in [-0.25, -0.2) is 4.98 Å². The van der Waals surface area contributed by atoms with Crippen molar-refractivity contribution in [3.05, 3.63) is 18.2 Å². The molecule has 3 N–H and O–H groups in total. The molecule has 0 radical (unpaired) electrons. The molecule has 17 heavy (non-hydrogen) atoms. The summed E-state index contributed by atoms with van der Waals surface area (Å²) in [7, 11) is 0. The molecule has 0 aliphatic heterocycles. The van der Waals surface area contributed by atoms with Crippen LogP contribution >= 0.6 is 0 Å². The molecule has 4 heteroatoms. The van der Waals surface area contributed by atoms with Crippen molar-refractivity contribution in [3.63, 3.8) is 0 Å². The van der Waals surface area contributed by atoms with Crippen molar-refractivity contribution in [2.24, 2.45) is 5.92 Å². The van der Waals surface area contributed by atoms with E-state index in [4.69, 9.17) is 0 Å². The van der Waals surface area contributed by atoms with Crippen molar-refractivity contribution >= 4 is 11.6 Å². The van der Waals surface area contributed by atoms with Crippen LogP contribution in [0.4, 0.5) is 11.6 Å². The summed E-state index contributed by atoms with van der Waals surface area (Å²) in [5.74, 6) is 2.39. The summed E-state index contributed by atoms with van der Waals surface area (Å²) < 4.78 is 0. The normalized spacial score (nSPS) is 23.6. The lowest BCUT2D eigenvalue weighted by molar-refractivity contribution is 0.178. The van der Waals surface area contributed by atoms with E-state index in [1.807, 2.05) is 18.2 Å². The largest absolute Gasteiger partial charge is 0.393 e. The minimum Gasteiger partial charge on any atom is -0.393 e. The highest BCUT2D eigenvalue weighted by Gasteiger charge is 2.22. The Bertz CT molecular complexity index is 356. The number of aliphatic hydroxyl groups excluding tert-OH is 1. The highest BCUT2D eigenvalue weighted by Crippen LogP contribution is 2.25. The number of aliphatic hydroxyl groups is 1. The zero-order valence-corrected chi connectivity index (χ0v) is 10.3. The average Bonchev–Trinajstić information content (AvgIpc) is 2.74. The van der Waals surface area contributed by atoms with E-state index >= 15 is 0 Å². The number of pyridine rings is 1. The van der Waals surface area contributed by atoms with Crippen molar-refractivity contribution in [2.75, 3.05) is 23.7 Å². The Morgan fingerprint density at radius 3 is 2.71 bits per heavy atom. The number of hydrogen-bond acceptors (Lipinski definition) is 4. The molecule has 2 unspecified atom stereocenters.